The number of anilines is 1. The molecule has 5 heteroatoms. The van der Waals surface area contributed by atoms with Gasteiger partial charge in [-0.25, -0.2) is 4.98 Å². The molecule has 5 nitrogen and oxygen atoms in total. The monoisotopic (exact) mass is 209 g/mol. The van der Waals surface area contributed by atoms with Crippen molar-refractivity contribution in [1.29, 1.82) is 0 Å². The van der Waals surface area contributed by atoms with Gasteiger partial charge in [0.15, 0.2) is 0 Å². The van der Waals surface area contributed by atoms with E-state index in [4.69, 9.17) is 5.73 Å². The molecule has 0 aromatic carbocycles. The van der Waals surface area contributed by atoms with Gasteiger partial charge in [-0.15, -0.1) is 0 Å². The first-order valence-corrected chi connectivity index (χ1v) is 4.98. The van der Waals surface area contributed by atoms with E-state index >= 15 is 0 Å². The molecular formula is C10H15N3O2. The van der Waals surface area contributed by atoms with Gasteiger partial charge in [0, 0.05) is 19.6 Å². The minimum Gasteiger partial charge on any atom is -0.389 e. The van der Waals surface area contributed by atoms with Crippen molar-refractivity contribution in [2.24, 2.45) is 5.73 Å². The SMILES string of the molecule is NCc1cccc(N2CC(O)C(O)C2)n1. The number of β-amino-alcohol motifs (C(OH)–C–C–N with tert-alkyl or cyclic N) is 2. The molecule has 0 aliphatic carbocycles. The molecule has 1 aliphatic heterocycles. The molecule has 4 N–H and O–H groups in total. The van der Waals surface area contributed by atoms with Crippen LogP contribution < -0.4 is 10.6 Å². The molecule has 0 saturated carbocycles. The van der Waals surface area contributed by atoms with Gasteiger partial charge in [-0.2, -0.15) is 0 Å². The summed E-state index contributed by atoms with van der Waals surface area (Å²) in [5.74, 6) is 0.758. The zero-order valence-corrected chi connectivity index (χ0v) is 8.37. The Labute approximate surface area is 88.2 Å². The Morgan fingerprint density at radius 3 is 2.60 bits per heavy atom. The Morgan fingerprint density at radius 2 is 2.00 bits per heavy atom. The quantitative estimate of drug-likeness (QED) is 0.587. The molecule has 2 unspecified atom stereocenters. The Bertz CT molecular complexity index is 335. The molecular weight excluding hydrogens is 194 g/mol. The highest BCUT2D eigenvalue weighted by atomic mass is 16.3. The van der Waals surface area contributed by atoms with Gasteiger partial charge >= 0.3 is 0 Å². The van der Waals surface area contributed by atoms with E-state index in [2.05, 4.69) is 4.98 Å². The molecule has 2 rings (SSSR count). The topological polar surface area (TPSA) is 82.6 Å². The fourth-order valence-corrected chi connectivity index (χ4v) is 1.71. The smallest absolute Gasteiger partial charge is 0.129 e. The van der Waals surface area contributed by atoms with Crippen molar-refractivity contribution in [3.8, 4) is 0 Å². The standard InChI is InChI=1S/C10H15N3O2/c11-4-7-2-1-3-10(12-7)13-5-8(14)9(15)6-13/h1-3,8-9,14-15H,4-6,11H2. The summed E-state index contributed by atoms with van der Waals surface area (Å²) in [6.07, 6.45) is -1.37. The number of rotatable bonds is 2. The van der Waals surface area contributed by atoms with Gasteiger partial charge in [0.25, 0.3) is 0 Å². The van der Waals surface area contributed by atoms with Crippen LogP contribution in [0.15, 0.2) is 18.2 Å². The number of pyridine rings is 1. The van der Waals surface area contributed by atoms with Crippen LogP contribution in [0, 0.1) is 0 Å². The van der Waals surface area contributed by atoms with E-state index in [1.807, 2.05) is 23.1 Å². The number of nitrogens with two attached hydrogens (primary N) is 1. The number of hydrogen-bond donors (Lipinski definition) is 3. The van der Waals surface area contributed by atoms with E-state index in [1.54, 1.807) is 0 Å². The van der Waals surface area contributed by atoms with Gasteiger partial charge in [-0.3, -0.25) is 0 Å². The summed E-state index contributed by atoms with van der Waals surface area (Å²) in [4.78, 5) is 6.18. The Morgan fingerprint density at radius 1 is 1.33 bits per heavy atom. The molecule has 0 spiro atoms. The molecule has 0 bridgehead atoms. The van der Waals surface area contributed by atoms with Crippen LogP contribution in [-0.4, -0.2) is 40.5 Å². The van der Waals surface area contributed by atoms with Crippen LogP contribution in [0.1, 0.15) is 5.69 Å². The number of aliphatic hydroxyl groups is 2. The lowest BCUT2D eigenvalue weighted by Crippen LogP contribution is -2.22. The molecule has 0 amide bonds. The molecule has 1 saturated heterocycles. The highest BCUT2D eigenvalue weighted by molar-refractivity contribution is 5.41. The second-order valence-corrected chi connectivity index (χ2v) is 3.73. The van der Waals surface area contributed by atoms with E-state index in [0.29, 0.717) is 19.6 Å². The van der Waals surface area contributed by atoms with E-state index in [0.717, 1.165) is 11.5 Å². The van der Waals surface area contributed by atoms with Crippen LogP contribution in [0.25, 0.3) is 0 Å². The van der Waals surface area contributed by atoms with E-state index < -0.39 is 12.2 Å². The minimum atomic E-state index is -0.687. The lowest BCUT2D eigenvalue weighted by atomic mass is 10.3. The van der Waals surface area contributed by atoms with Crippen molar-refractivity contribution >= 4 is 5.82 Å². The molecule has 0 radical (unpaired) electrons. The average Bonchev–Trinajstić information content (AvgIpc) is 2.59. The predicted octanol–water partition coefficient (Wildman–Crippen LogP) is -0.918. The van der Waals surface area contributed by atoms with Gasteiger partial charge in [0.2, 0.25) is 0 Å². The third kappa shape index (κ3) is 2.09. The van der Waals surface area contributed by atoms with Crippen LogP contribution in [0.2, 0.25) is 0 Å². The zero-order chi connectivity index (χ0) is 10.8. The third-order valence-electron chi connectivity index (χ3n) is 2.58. The maximum absolute atomic E-state index is 9.41. The molecule has 2 heterocycles. The Kier molecular flexibility index (Phi) is 2.86. The van der Waals surface area contributed by atoms with E-state index in [-0.39, 0.29) is 0 Å². The van der Waals surface area contributed by atoms with Crippen molar-refractivity contribution in [1.82, 2.24) is 4.98 Å². The van der Waals surface area contributed by atoms with Crippen LogP contribution in [0.5, 0.6) is 0 Å². The first kappa shape index (κ1) is 10.4. The fraction of sp³-hybridized carbons (Fsp3) is 0.500. The Hall–Kier alpha value is -1.17. The normalized spacial score (nSPS) is 25.9. The van der Waals surface area contributed by atoms with Gasteiger partial charge in [-0.1, -0.05) is 6.07 Å². The summed E-state index contributed by atoms with van der Waals surface area (Å²) < 4.78 is 0. The van der Waals surface area contributed by atoms with Crippen LogP contribution in [0.4, 0.5) is 5.82 Å². The van der Waals surface area contributed by atoms with Crippen LogP contribution >= 0.6 is 0 Å². The van der Waals surface area contributed by atoms with Crippen molar-refractivity contribution in [3.05, 3.63) is 23.9 Å². The first-order chi connectivity index (χ1) is 7.20. The summed E-state index contributed by atoms with van der Waals surface area (Å²) in [5.41, 5.74) is 6.30. The largest absolute Gasteiger partial charge is 0.389 e. The molecule has 1 aromatic heterocycles. The maximum Gasteiger partial charge on any atom is 0.129 e. The predicted molar refractivity (Wildman–Crippen MR) is 56.4 cm³/mol. The maximum atomic E-state index is 9.41. The molecule has 1 fully saturated rings. The summed E-state index contributed by atoms with van der Waals surface area (Å²) in [5, 5.41) is 18.8. The van der Waals surface area contributed by atoms with Crippen LogP contribution in [0.3, 0.4) is 0 Å². The molecule has 1 aromatic rings. The summed E-state index contributed by atoms with van der Waals surface area (Å²) in [6.45, 7) is 1.23. The summed E-state index contributed by atoms with van der Waals surface area (Å²) in [6, 6.07) is 5.58. The molecule has 15 heavy (non-hydrogen) atoms. The fourth-order valence-electron chi connectivity index (χ4n) is 1.71. The highest BCUT2D eigenvalue weighted by Crippen LogP contribution is 2.18. The van der Waals surface area contributed by atoms with Crippen molar-refractivity contribution in [3.63, 3.8) is 0 Å². The number of hydrogen-bond acceptors (Lipinski definition) is 5. The average molecular weight is 209 g/mol. The second kappa shape index (κ2) is 4.14. The number of aliphatic hydroxyl groups excluding tert-OH is 2. The third-order valence-corrected chi connectivity index (χ3v) is 2.58. The summed E-state index contributed by atoms with van der Waals surface area (Å²) >= 11 is 0. The van der Waals surface area contributed by atoms with Gasteiger partial charge in [-0.05, 0) is 12.1 Å². The van der Waals surface area contributed by atoms with Crippen LogP contribution in [-0.2, 0) is 6.54 Å². The zero-order valence-electron chi connectivity index (χ0n) is 8.37. The second-order valence-electron chi connectivity index (χ2n) is 3.73. The lowest BCUT2D eigenvalue weighted by molar-refractivity contribution is 0.0572. The molecule has 1 aliphatic rings. The number of nitrogens with zero attached hydrogens (tertiary/aromatic N) is 2. The first-order valence-electron chi connectivity index (χ1n) is 4.98. The van der Waals surface area contributed by atoms with Crippen molar-refractivity contribution in [2.45, 2.75) is 18.8 Å². The minimum absolute atomic E-state index is 0.396. The van der Waals surface area contributed by atoms with E-state index in [1.165, 1.54) is 0 Å². The van der Waals surface area contributed by atoms with Crippen molar-refractivity contribution in [2.75, 3.05) is 18.0 Å². The highest BCUT2D eigenvalue weighted by Gasteiger charge is 2.30. The van der Waals surface area contributed by atoms with Gasteiger partial charge in [0.1, 0.15) is 5.82 Å². The van der Waals surface area contributed by atoms with Crippen molar-refractivity contribution < 1.29 is 10.2 Å². The summed E-state index contributed by atoms with van der Waals surface area (Å²) in [7, 11) is 0. The molecule has 2 atom stereocenters. The molecule has 82 valence electrons. The number of aromatic nitrogens is 1. The van der Waals surface area contributed by atoms with Gasteiger partial charge in [0.05, 0.1) is 17.9 Å². The van der Waals surface area contributed by atoms with Gasteiger partial charge < -0.3 is 20.8 Å². The Balaban J connectivity index is 2.16. The lowest BCUT2D eigenvalue weighted by Gasteiger charge is -2.16. The van der Waals surface area contributed by atoms with E-state index in [9.17, 15) is 10.2 Å².